The maximum absolute atomic E-state index is 11.0. The molecule has 9 atom stereocenters. The molecule has 4 rings (SSSR count). The predicted molar refractivity (Wildman–Crippen MR) is 91.3 cm³/mol. The van der Waals surface area contributed by atoms with Gasteiger partial charge in [0.1, 0.15) is 0 Å². The van der Waals surface area contributed by atoms with Crippen molar-refractivity contribution in [3.63, 3.8) is 0 Å². The lowest BCUT2D eigenvalue weighted by Crippen LogP contribution is -2.55. The molecule has 0 radical (unpaired) electrons. The van der Waals surface area contributed by atoms with E-state index in [1.807, 2.05) is 6.08 Å². The van der Waals surface area contributed by atoms with Crippen molar-refractivity contribution in [2.45, 2.75) is 76.8 Å². The van der Waals surface area contributed by atoms with Crippen LogP contribution in [0.5, 0.6) is 0 Å². The number of rotatable bonds is 1. The fraction of sp³-hybridized carbons (Fsp3) is 0.900. The summed E-state index contributed by atoms with van der Waals surface area (Å²) in [6.07, 6.45) is 6.24. The minimum Gasteiger partial charge on any atom is -0.393 e. The van der Waals surface area contributed by atoms with Crippen LogP contribution in [0.4, 0.5) is 0 Å². The van der Waals surface area contributed by atoms with E-state index in [0.717, 1.165) is 32.1 Å². The van der Waals surface area contributed by atoms with Crippen LogP contribution in [0.25, 0.3) is 0 Å². The van der Waals surface area contributed by atoms with Gasteiger partial charge in [0.2, 0.25) is 0 Å². The third-order valence-electron chi connectivity index (χ3n) is 8.36. The van der Waals surface area contributed by atoms with E-state index in [1.54, 1.807) is 7.11 Å². The molecule has 4 aliphatic rings. The quantitative estimate of drug-likeness (QED) is 0.643. The number of hydrogen-bond donors (Lipinski definition) is 3. The van der Waals surface area contributed by atoms with Crippen LogP contribution in [0.15, 0.2) is 11.6 Å². The second-order valence-electron chi connectivity index (χ2n) is 9.29. The van der Waals surface area contributed by atoms with Crippen molar-refractivity contribution in [1.29, 1.82) is 0 Å². The maximum Gasteiger partial charge on any atom is 0.0857 e. The van der Waals surface area contributed by atoms with E-state index in [2.05, 4.69) is 13.8 Å². The first-order valence-electron chi connectivity index (χ1n) is 9.59. The molecule has 0 aliphatic heterocycles. The fourth-order valence-electron chi connectivity index (χ4n) is 6.82. The molecule has 0 spiro atoms. The highest BCUT2D eigenvalue weighted by Gasteiger charge is 2.62. The topological polar surface area (TPSA) is 69.9 Å². The van der Waals surface area contributed by atoms with Gasteiger partial charge in [0, 0.05) is 7.11 Å². The van der Waals surface area contributed by atoms with Crippen molar-refractivity contribution in [2.24, 2.45) is 28.6 Å². The van der Waals surface area contributed by atoms with E-state index < -0.39 is 12.2 Å². The average molecular weight is 336 g/mol. The Morgan fingerprint density at radius 3 is 2.54 bits per heavy atom. The summed E-state index contributed by atoms with van der Waals surface area (Å²) in [5.41, 5.74) is 1.21. The fourth-order valence-corrected chi connectivity index (χ4v) is 6.82. The van der Waals surface area contributed by atoms with Crippen molar-refractivity contribution >= 4 is 0 Å². The van der Waals surface area contributed by atoms with Crippen LogP contribution >= 0.6 is 0 Å². The molecular weight excluding hydrogens is 304 g/mol. The molecule has 3 N–H and O–H groups in total. The van der Waals surface area contributed by atoms with Crippen molar-refractivity contribution in [3.05, 3.63) is 11.6 Å². The molecule has 0 heterocycles. The SMILES string of the molecule is CO[C@@H]1C[C@H]2[C@@H]3[C@H](O)C=C4C[C@H](O)CC[C@]4(C)[C@H]3CC[C@]2(C)[C@H]1O. The van der Waals surface area contributed by atoms with Gasteiger partial charge in [-0.05, 0) is 67.1 Å². The van der Waals surface area contributed by atoms with Gasteiger partial charge in [0.25, 0.3) is 0 Å². The van der Waals surface area contributed by atoms with Crippen LogP contribution in [-0.2, 0) is 4.74 Å². The monoisotopic (exact) mass is 336 g/mol. The number of ether oxygens (including phenoxy) is 1. The third-order valence-corrected chi connectivity index (χ3v) is 8.36. The average Bonchev–Trinajstić information content (AvgIpc) is 2.81. The molecule has 0 aromatic heterocycles. The predicted octanol–water partition coefficient (Wildman–Crippen LogP) is 2.27. The van der Waals surface area contributed by atoms with Crippen LogP contribution in [0.3, 0.4) is 0 Å². The highest BCUT2D eigenvalue weighted by Crippen LogP contribution is 2.65. The minimum atomic E-state index is -0.462. The molecule has 24 heavy (non-hydrogen) atoms. The standard InChI is InChI=1S/C20H32O4/c1-19-6-4-12(21)8-11(19)9-15(22)17-13(19)5-7-20(2)14(17)10-16(24-3)18(20)23/h9,12-18,21-23H,4-8,10H2,1-3H3/t12-,13+,14+,15-,16-,17-,18+,19+,20+/m1/s1. The smallest absolute Gasteiger partial charge is 0.0857 e. The molecule has 0 aromatic carbocycles. The number of methoxy groups -OCH3 is 1. The highest BCUT2D eigenvalue weighted by atomic mass is 16.5. The van der Waals surface area contributed by atoms with Crippen molar-refractivity contribution < 1.29 is 20.1 Å². The lowest BCUT2D eigenvalue weighted by atomic mass is 9.47. The molecule has 0 aromatic rings. The van der Waals surface area contributed by atoms with Gasteiger partial charge in [-0.15, -0.1) is 0 Å². The molecule has 0 saturated heterocycles. The van der Waals surface area contributed by atoms with E-state index in [0.29, 0.717) is 18.3 Å². The summed E-state index contributed by atoms with van der Waals surface area (Å²) in [6.45, 7) is 4.53. The summed E-state index contributed by atoms with van der Waals surface area (Å²) >= 11 is 0. The molecule has 4 heteroatoms. The Morgan fingerprint density at radius 1 is 1.08 bits per heavy atom. The molecule has 3 saturated carbocycles. The van der Waals surface area contributed by atoms with Gasteiger partial charge in [-0.2, -0.15) is 0 Å². The number of aliphatic hydroxyl groups excluding tert-OH is 3. The largest absolute Gasteiger partial charge is 0.393 e. The van der Waals surface area contributed by atoms with Gasteiger partial charge in [0.15, 0.2) is 0 Å². The summed E-state index contributed by atoms with van der Waals surface area (Å²) in [6, 6.07) is 0. The van der Waals surface area contributed by atoms with Gasteiger partial charge in [-0.1, -0.05) is 25.5 Å². The maximum atomic E-state index is 11.0. The number of aliphatic hydroxyl groups is 3. The lowest BCUT2D eigenvalue weighted by molar-refractivity contribution is -0.111. The Labute approximate surface area is 144 Å². The van der Waals surface area contributed by atoms with Crippen molar-refractivity contribution in [3.8, 4) is 0 Å². The zero-order chi connectivity index (χ0) is 17.3. The zero-order valence-corrected chi connectivity index (χ0v) is 15.1. The van der Waals surface area contributed by atoms with Crippen LogP contribution < -0.4 is 0 Å². The Bertz CT molecular complexity index is 546. The summed E-state index contributed by atoms with van der Waals surface area (Å²) in [5, 5.41) is 31.8. The molecule has 4 aliphatic carbocycles. The van der Waals surface area contributed by atoms with Crippen molar-refractivity contribution in [1.82, 2.24) is 0 Å². The van der Waals surface area contributed by atoms with Gasteiger partial charge >= 0.3 is 0 Å². The Morgan fingerprint density at radius 2 is 1.83 bits per heavy atom. The van der Waals surface area contributed by atoms with Gasteiger partial charge in [-0.25, -0.2) is 0 Å². The zero-order valence-electron chi connectivity index (χ0n) is 15.1. The first-order valence-corrected chi connectivity index (χ1v) is 9.59. The van der Waals surface area contributed by atoms with E-state index in [-0.39, 0.29) is 29.0 Å². The summed E-state index contributed by atoms with van der Waals surface area (Å²) in [7, 11) is 1.69. The molecule has 0 bridgehead atoms. The second-order valence-corrected chi connectivity index (χ2v) is 9.29. The Kier molecular flexibility index (Phi) is 3.93. The first-order chi connectivity index (χ1) is 11.3. The lowest BCUT2D eigenvalue weighted by Gasteiger charge is -2.58. The number of fused-ring (bicyclic) bond motifs is 5. The van der Waals surface area contributed by atoms with Gasteiger partial charge in [0.05, 0.1) is 24.4 Å². The van der Waals surface area contributed by atoms with Crippen LogP contribution in [0, 0.1) is 28.6 Å². The van der Waals surface area contributed by atoms with Crippen molar-refractivity contribution in [2.75, 3.05) is 7.11 Å². The van der Waals surface area contributed by atoms with E-state index in [9.17, 15) is 15.3 Å². The number of hydrogen-bond acceptors (Lipinski definition) is 4. The third kappa shape index (κ3) is 2.13. The van der Waals surface area contributed by atoms with Crippen LogP contribution in [0.1, 0.15) is 52.4 Å². The Hall–Kier alpha value is -0.420. The summed E-state index contributed by atoms with van der Waals surface area (Å²) < 4.78 is 5.56. The highest BCUT2D eigenvalue weighted by molar-refractivity contribution is 5.28. The minimum absolute atomic E-state index is 0.0978. The molecule has 0 amide bonds. The first kappa shape index (κ1) is 17.0. The molecular formula is C20H32O4. The molecule has 3 fully saturated rings. The van der Waals surface area contributed by atoms with Crippen LogP contribution in [-0.4, -0.2) is 46.8 Å². The van der Waals surface area contributed by atoms with E-state index in [4.69, 9.17) is 4.74 Å². The normalized spacial score (nSPS) is 56.9. The van der Waals surface area contributed by atoms with E-state index >= 15 is 0 Å². The van der Waals surface area contributed by atoms with Crippen LogP contribution in [0.2, 0.25) is 0 Å². The van der Waals surface area contributed by atoms with E-state index in [1.165, 1.54) is 5.57 Å². The summed E-state index contributed by atoms with van der Waals surface area (Å²) in [4.78, 5) is 0. The van der Waals surface area contributed by atoms with Gasteiger partial charge < -0.3 is 20.1 Å². The molecule has 4 nitrogen and oxygen atoms in total. The second kappa shape index (κ2) is 5.54. The molecule has 0 unspecified atom stereocenters. The summed E-state index contributed by atoms with van der Waals surface area (Å²) in [5.74, 6) is 0.941. The van der Waals surface area contributed by atoms with Gasteiger partial charge in [-0.3, -0.25) is 0 Å². The molecule has 136 valence electrons. The Balaban J connectivity index is 1.72.